The summed E-state index contributed by atoms with van der Waals surface area (Å²) in [5.74, 6) is -0.495. The molecule has 5 heteroatoms. The van der Waals surface area contributed by atoms with Gasteiger partial charge in [-0.3, -0.25) is 0 Å². The number of likely N-dealkylation sites (N-methyl/N-ethyl adjacent to an activating group) is 1. The normalized spacial score (nSPS) is 24.3. The highest BCUT2D eigenvalue weighted by atomic mass is 16.8. The summed E-state index contributed by atoms with van der Waals surface area (Å²) < 4.78 is 25.6. The van der Waals surface area contributed by atoms with Crippen molar-refractivity contribution in [3.63, 3.8) is 0 Å². The summed E-state index contributed by atoms with van der Waals surface area (Å²) >= 11 is 0. The highest BCUT2D eigenvalue weighted by Gasteiger charge is 2.58. The van der Waals surface area contributed by atoms with E-state index in [2.05, 4.69) is 81.5 Å². The Morgan fingerprint density at radius 1 is 0.551 bits per heavy atom. The van der Waals surface area contributed by atoms with E-state index >= 15 is 0 Å². The Labute approximate surface area is 304 Å². The van der Waals surface area contributed by atoms with Gasteiger partial charge in [-0.2, -0.15) is 0 Å². The lowest BCUT2D eigenvalue weighted by Crippen LogP contribution is -2.39. The molecule has 284 valence electrons. The second-order valence-electron chi connectivity index (χ2n) is 15.0. The van der Waals surface area contributed by atoms with Gasteiger partial charge in [0, 0.05) is 26.5 Å². The van der Waals surface area contributed by atoms with Crippen LogP contribution in [0.2, 0.25) is 0 Å². The standard InChI is InChI=1S/C44H79NO4/c1-6-8-10-12-14-16-18-20-22-24-26-28-30-32-34-36-38-44(48-41-40(39-45(3)4)47-43(46-5)42(41)49-44)37-35-33-31-29-27-25-23-21-19-17-15-13-11-9-7-2/h14-17,19-22,40-43H,6-13,18,23-39H2,1-5H3/b16-14-,17-15+,21-19-,22-20-. The van der Waals surface area contributed by atoms with E-state index in [0.717, 1.165) is 38.6 Å². The lowest BCUT2D eigenvalue weighted by molar-refractivity contribution is -0.248. The smallest absolute Gasteiger partial charge is 0.186 e. The van der Waals surface area contributed by atoms with Crippen molar-refractivity contribution in [2.24, 2.45) is 0 Å². The largest absolute Gasteiger partial charge is 0.353 e. The van der Waals surface area contributed by atoms with Gasteiger partial charge in [-0.15, -0.1) is 0 Å². The van der Waals surface area contributed by atoms with Crippen molar-refractivity contribution in [3.05, 3.63) is 48.6 Å². The van der Waals surface area contributed by atoms with Gasteiger partial charge in [-0.25, -0.2) is 0 Å². The van der Waals surface area contributed by atoms with Gasteiger partial charge in [0.05, 0.1) is 0 Å². The van der Waals surface area contributed by atoms with Crippen LogP contribution in [0.4, 0.5) is 0 Å². The van der Waals surface area contributed by atoms with Crippen molar-refractivity contribution in [1.29, 1.82) is 0 Å². The first-order valence-electron chi connectivity index (χ1n) is 20.9. The molecule has 49 heavy (non-hydrogen) atoms. The molecule has 5 unspecified atom stereocenters. The Morgan fingerprint density at radius 3 is 1.49 bits per heavy atom. The first kappa shape index (κ1) is 43.9. The summed E-state index contributed by atoms with van der Waals surface area (Å²) in [5, 5.41) is 0. The maximum absolute atomic E-state index is 6.88. The Balaban J connectivity index is 1.67. The molecule has 5 nitrogen and oxygen atoms in total. The molecule has 2 aliphatic rings. The lowest BCUT2D eigenvalue weighted by Gasteiger charge is -2.32. The summed E-state index contributed by atoms with van der Waals surface area (Å²) in [6, 6.07) is 0. The molecule has 2 aliphatic heterocycles. The van der Waals surface area contributed by atoms with Gasteiger partial charge in [-0.05, 0) is 84.7 Å². The Bertz CT molecular complexity index is 882. The average molecular weight is 686 g/mol. The third-order valence-electron chi connectivity index (χ3n) is 10.0. The van der Waals surface area contributed by atoms with Crippen LogP contribution in [0.1, 0.15) is 174 Å². The van der Waals surface area contributed by atoms with Crippen molar-refractivity contribution < 1.29 is 18.9 Å². The molecule has 0 N–H and O–H groups in total. The molecule has 0 aromatic carbocycles. The minimum atomic E-state index is -0.495. The second kappa shape index (κ2) is 29.3. The number of fused-ring (bicyclic) bond motifs is 1. The van der Waals surface area contributed by atoms with Gasteiger partial charge in [0.1, 0.15) is 18.3 Å². The number of hydrogen-bond donors (Lipinski definition) is 0. The number of nitrogens with zero attached hydrogens (tertiary/aromatic N) is 1. The van der Waals surface area contributed by atoms with E-state index in [4.69, 9.17) is 18.9 Å². The molecule has 5 atom stereocenters. The van der Waals surface area contributed by atoms with Gasteiger partial charge in [0.2, 0.25) is 0 Å². The van der Waals surface area contributed by atoms with Crippen LogP contribution in [0.3, 0.4) is 0 Å². The molecule has 0 aromatic heterocycles. The highest BCUT2D eigenvalue weighted by Crippen LogP contribution is 2.44. The summed E-state index contributed by atoms with van der Waals surface area (Å²) in [4.78, 5) is 2.17. The van der Waals surface area contributed by atoms with Gasteiger partial charge < -0.3 is 23.8 Å². The van der Waals surface area contributed by atoms with Crippen LogP contribution >= 0.6 is 0 Å². The van der Waals surface area contributed by atoms with Crippen molar-refractivity contribution >= 4 is 0 Å². The van der Waals surface area contributed by atoms with Crippen LogP contribution in [-0.4, -0.2) is 63.0 Å². The number of allylic oxidation sites excluding steroid dienone is 8. The SMILES string of the molecule is CCCCC/C=C\C/C=C\CCCCCCCCC1(CCCCCCCC/C=C\C=C\CCCCC)OC2C(CN(C)C)OC(OC)C2O1. The molecule has 0 bridgehead atoms. The van der Waals surface area contributed by atoms with Crippen molar-refractivity contribution in [1.82, 2.24) is 4.90 Å². The molecule has 2 heterocycles. The molecular formula is C44H79NO4. The molecule has 0 saturated carbocycles. The van der Waals surface area contributed by atoms with E-state index < -0.39 is 5.79 Å². The fraction of sp³-hybridized carbons (Fsp3) is 0.818. The van der Waals surface area contributed by atoms with E-state index in [0.29, 0.717) is 0 Å². The van der Waals surface area contributed by atoms with Crippen LogP contribution in [0, 0.1) is 0 Å². The maximum Gasteiger partial charge on any atom is 0.186 e. The minimum absolute atomic E-state index is 0.0201. The van der Waals surface area contributed by atoms with Gasteiger partial charge in [0.15, 0.2) is 12.1 Å². The highest BCUT2D eigenvalue weighted by molar-refractivity contribution is 5.02. The maximum atomic E-state index is 6.88. The minimum Gasteiger partial charge on any atom is -0.353 e. The molecule has 0 aliphatic carbocycles. The molecule has 0 aromatic rings. The zero-order valence-corrected chi connectivity index (χ0v) is 32.9. The Hall–Kier alpha value is -1.24. The predicted molar refractivity (Wildman–Crippen MR) is 210 cm³/mol. The number of hydrogen-bond acceptors (Lipinski definition) is 5. The van der Waals surface area contributed by atoms with E-state index in [9.17, 15) is 0 Å². The Kier molecular flexibility index (Phi) is 26.3. The van der Waals surface area contributed by atoms with E-state index in [1.165, 1.54) is 128 Å². The summed E-state index contributed by atoms with van der Waals surface area (Å²) in [6.45, 7) is 5.34. The van der Waals surface area contributed by atoms with Crippen molar-refractivity contribution in [3.8, 4) is 0 Å². The topological polar surface area (TPSA) is 40.2 Å². The molecule has 0 amide bonds. The quantitative estimate of drug-likeness (QED) is 0.0400. The second-order valence-corrected chi connectivity index (χ2v) is 15.0. The molecular weight excluding hydrogens is 606 g/mol. The zero-order valence-electron chi connectivity index (χ0n) is 32.9. The van der Waals surface area contributed by atoms with Crippen molar-refractivity contribution in [2.45, 2.75) is 205 Å². The molecule has 0 spiro atoms. The average Bonchev–Trinajstić information content (AvgIpc) is 3.61. The van der Waals surface area contributed by atoms with Crippen LogP contribution in [-0.2, 0) is 18.9 Å². The lowest BCUT2D eigenvalue weighted by atomic mass is 9.98. The van der Waals surface area contributed by atoms with Crippen LogP contribution in [0.15, 0.2) is 48.6 Å². The molecule has 2 saturated heterocycles. The van der Waals surface area contributed by atoms with E-state index in [1.54, 1.807) is 7.11 Å². The van der Waals surface area contributed by atoms with Crippen molar-refractivity contribution in [2.75, 3.05) is 27.7 Å². The van der Waals surface area contributed by atoms with Gasteiger partial charge in [-0.1, -0.05) is 140 Å². The molecule has 2 rings (SSSR count). The fourth-order valence-corrected chi connectivity index (χ4v) is 7.15. The molecule has 0 radical (unpaired) electrons. The summed E-state index contributed by atoms with van der Waals surface area (Å²) in [5.41, 5.74) is 0. The third-order valence-corrected chi connectivity index (χ3v) is 10.0. The Morgan fingerprint density at radius 2 is 1.00 bits per heavy atom. The third kappa shape index (κ3) is 20.4. The van der Waals surface area contributed by atoms with Crippen LogP contribution in [0.25, 0.3) is 0 Å². The molecule has 2 fully saturated rings. The summed E-state index contributed by atoms with van der Waals surface area (Å²) in [7, 11) is 5.91. The predicted octanol–water partition coefficient (Wildman–Crippen LogP) is 12.4. The first-order valence-corrected chi connectivity index (χ1v) is 20.9. The number of rotatable bonds is 32. The van der Waals surface area contributed by atoms with Gasteiger partial charge >= 0.3 is 0 Å². The number of methoxy groups -OCH3 is 1. The van der Waals surface area contributed by atoms with E-state index in [1.807, 2.05) is 0 Å². The first-order chi connectivity index (χ1) is 24.0. The number of unbranched alkanes of at least 4 members (excludes halogenated alkanes) is 18. The van der Waals surface area contributed by atoms with E-state index in [-0.39, 0.29) is 24.6 Å². The fourth-order valence-electron chi connectivity index (χ4n) is 7.15. The van der Waals surface area contributed by atoms with Gasteiger partial charge in [0.25, 0.3) is 0 Å². The van der Waals surface area contributed by atoms with Crippen LogP contribution in [0.5, 0.6) is 0 Å². The number of ether oxygens (including phenoxy) is 4. The monoisotopic (exact) mass is 686 g/mol. The summed E-state index contributed by atoms with van der Waals surface area (Å²) in [6.07, 6.45) is 49.0. The zero-order chi connectivity index (χ0) is 35.3. The van der Waals surface area contributed by atoms with Crippen LogP contribution < -0.4 is 0 Å².